The highest BCUT2D eigenvalue weighted by atomic mass is 16.2. The zero-order valence-corrected chi connectivity index (χ0v) is 10.0. The number of nitrogens with zero attached hydrogens (tertiary/aromatic N) is 1. The van der Waals surface area contributed by atoms with Crippen LogP contribution in [-0.4, -0.2) is 29.1 Å². The molecule has 1 aliphatic carbocycles. The Morgan fingerprint density at radius 1 is 1.47 bits per heavy atom. The normalized spacial score (nSPS) is 28.1. The molecule has 2 rings (SSSR count). The summed E-state index contributed by atoms with van der Waals surface area (Å²) >= 11 is 0. The highest BCUT2D eigenvalue weighted by Gasteiger charge is 2.57. The van der Waals surface area contributed by atoms with Gasteiger partial charge in [-0.3, -0.25) is 10.1 Å². The molecule has 0 bridgehead atoms. The third-order valence-electron chi connectivity index (χ3n) is 3.98. The van der Waals surface area contributed by atoms with Crippen molar-refractivity contribution in [3.63, 3.8) is 0 Å². The van der Waals surface area contributed by atoms with E-state index in [4.69, 9.17) is 0 Å². The van der Waals surface area contributed by atoms with Crippen molar-refractivity contribution < 1.29 is 4.79 Å². The Morgan fingerprint density at radius 3 is 2.47 bits per heavy atom. The van der Waals surface area contributed by atoms with Gasteiger partial charge in [-0.2, -0.15) is 0 Å². The molecule has 2 aliphatic rings. The zero-order chi connectivity index (χ0) is 11.1. The maximum absolute atomic E-state index is 12.1. The molecule has 1 saturated heterocycles. The van der Waals surface area contributed by atoms with Crippen LogP contribution in [-0.2, 0) is 4.79 Å². The van der Waals surface area contributed by atoms with Gasteiger partial charge in [0, 0.05) is 6.54 Å². The second-order valence-corrected chi connectivity index (χ2v) is 5.04. The Kier molecular flexibility index (Phi) is 2.75. The van der Waals surface area contributed by atoms with E-state index in [0.29, 0.717) is 11.8 Å². The van der Waals surface area contributed by atoms with Crippen molar-refractivity contribution in [2.45, 2.75) is 58.2 Å². The van der Waals surface area contributed by atoms with E-state index in [0.717, 1.165) is 19.4 Å². The van der Waals surface area contributed by atoms with Gasteiger partial charge in [-0.25, -0.2) is 0 Å². The molecule has 1 saturated carbocycles. The summed E-state index contributed by atoms with van der Waals surface area (Å²) < 4.78 is 0. The zero-order valence-electron chi connectivity index (χ0n) is 10.0. The minimum Gasteiger partial charge on any atom is -0.326 e. The molecule has 0 aromatic carbocycles. The summed E-state index contributed by atoms with van der Waals surface area (Å²) in [5.41, 5.74) is -0.133. The van der Waals surface area contributed by atoms with Gasteiger partial charge in [0.05, 0.1) is 11.7 Å². The minimum absolute atomic E-state index is 0.133. The van der Waals surface area contributed by atoms with Gasteiger partial charge in [0.15, 0.2) is 0 Å². The standard InChI is InChI=1S/C12H22N2O/c1-4-10(5-2)8-14-9(3)13-12(6-7-12)11(14)15/h9-10,13H,4-8H2,1-3H3. The van der Waals surface area contributed by atoms with E-state index in [-0.39, 0.29) is 11.7 Å². The Morgan fingerprint density at radius 2 is 2.07 bits per heavy atom. The highest BCUT2D eigenvalue weighted by molar-refractivity contribution is 5.91. The van der Waals surface area contributed by atoms with E-state index < -0.39 is 0 Å². The van der Waals surface area contributed by atoms with Crippen molar-refractivity contribution in [1.29, 1.82) is 0 Å². The summed E-state index contributed by atoms with van der Waals surface area (Å²) in [7, 11) is 0. The number of nitrogens with one attached hydrogen (secondary N) is 1. The van der Waals surface area contributed by atoms with Gasteiger partial charge >= 0.3 is 0 Å². The van der Waals surface area contributed by atoms with Crippen LogP contribution in [0.15, 0.2) is 0 Å². The molecule has 0 aromatic rings. The average molecular weight is 210 g/mol. The van der Waals surface area contributed by atoms with Crippen LogP contribution < -0.4 is 5.32 Å². The van der Waals surface area contributed by atoms with Gasteiger partial charge in [0.1, 0.15) is 0 Å². The summed E-state index contributed by atoms with van der Waals surface area (Å²) in [5, 5.41) is 3.43. The summed E-state index contributed by atoms with van der Waals surface area (Å²) in [5.74, 6) is 1.01. The Bertz CT molecular complexity index is 256. The second-order valence-electron chi connectivity index (χ2n) is 5.04. The number of hydrogen-bond acceptors (Lipinski definition) is 2. The van der Waals surface area contributed by atoms with E-state index in [1.807, 2.05) is 4.90 Å². The summed E-state index contributed by atoms with van der Waals surface area (Å²) in [4.78, 5) is 14.2. The Balaban J connectivity index is 2.00. The minimum atomic E-state index is -0.133. The van der Waals surface area contributed by atoms with Crippen molar-refractivity contribution in [2.24, 2.45) is 5.92 Å². The maximum Gasteiger partial charge on any atom is 0.244 e. The van der Waals surface area contributed by atoms with Crippen LogP contribution in [0.2, 0.25) is 0 Å². The van der Waals surface area contributed by atoms with Crippen molar-refractivity contribution in [2.75, 3.05) is 6.54 Å². The number of carbonyl (C=O) groups is 1. The molecule has 1 heterocycles. The van der Waals surface area contributed by atoms with Crippen LogP contribution in [0.3, 0.4) is 0 Å². The number of hydrogen-bond donors (Lipinski definition) is 1. The van der Waals surface area contributed by atoms with Crippen LogP contribution >= 0.6 is 0 Å². The van der Waals surface area contributed by atoms with E-state index in [9.17, 15) is 4.79 Å². The first kappa shape index (κ1) is 10.9. The molecule has 1 spiro atoms. The topological polar surface area (TPSA) is 32.3 Å². The molecule has 0 radical (unpaired) electrons. The van der Waals surface area contributed by atoms with E-state index in [2.05, 4.69) is 26.1 Å². The van der Waals surface area contributed by atoms with Crippen LogP contribution in [0.1, 0.15) is 46.5 Å². The third-order valence-corrected chi connectivity index (χ3v) is 3.98. The molecule has 1 amide bonds. The maximum atomic E-state index is 12.1. The fraction of sp³-hybridized carbons (Fsp3) is 0.917. The van der Waals surface area contributed by atoms with Crippen LogP contribution in [0, 0.1) is 5.92 Å². The number of amides is 1. The van der Waals surface area contributed by atoms with Crippen molar-refractivity contribution in [1.82, 2.24) is 10.2 Å². The smallest absolute Gasteiger partial charge is 0.244 e. The molecule has 15 heavy (non-hydrogen) atoms. The molecular formula is C12H22N2O. The summed E-state index contributed by atoms with van der Waals surface area (Å²) in [6.45, 7) is 7.45. The molecular weight excluding hydrogens is 188 g/mol. The first-order valence-corrected chi connectivity index (χ1v) is 6.21. The van der Waals surface area contributed by atoms with Crippen molar-refractivity contribution in [3.8, 4) is 0 Å². The number of rotatable bonds is 4. The SMILES string of the molecule is CCC(CC)CN1C(=O)C2(CC2)NC1C. The quantitative estimate of drug-likeness (QED) is 0.766. The molecule has 3 heteroatoms. The molecule has 0 aromatic heterocycles. The summed E-state index contributed by atoms with van der Waals surface area (Å²) in [6, 6.07) is 0. The van der Waals surface area contributed by atoms with Gasteiger partial charge < -0.3 is 4.90 Å². The van der Waals surface area contributed by atoms with E-state index in [1.54, 1.807) is 0 Å². The molecule has 1 aliphatic heterocycles. The lowest BCUT2D eigenvalue weighted by Gasteiger charge is -2.25. The number of carbonyl (C=O) groups excluding carboxylic acids is 1. The van der Waals surface area contributed by atoms with Crippen molar-refractivity contribution in [3.05, 3.63) is 0 Å². The average Bonchev–Trinajstić information content (AvgIpc) is 2.95. The first-order valence-electron chi connectivity index (χ1n) is 6.21. The highest BCUT2D eigenvalue weighted by Crippen LogP contribution is 2.42. The van der Waals surface area contributed by atoms with E-state index >= 15 is 0 Å². The third kappa shape index (κ3) is 1.78. The predicted molar refractivity (Wildman–Crippen MR) is 60.3 cm³/mol. The van der Waals surface area contributed by atoms with Crippen LogP contribution in [0.5, 0.6) is 0 Å². The van der Waals surface area contributed by atoms with Crippen LogP contribution in [0.4, 0.5) is 0 Å². The molecule has 86 valence electrons. The Labute approximate surface area is 92.2 Å². The van der Waals surface area contributed by atoms with E-state index in [1.165, 1.54) is 12.8 Å². The van der Waals surface area contributed by atoms with Crippen LogP contribution in [0.25, 0.3) is 0 Å². The lowest BCUT2D eigenvalue weighted by atomic mass is 10.0. The summed E-state index contributed by atoms with van der Waals surface area (Å²) in [6.07, 6.45) is 4.64. The molecule has 1 N–H and O–H groups in total. The fourth-order valence-electron chi connectivity index (χ4n) is 2.54. The monoisotopic (exact) mass is 210 g/mol. The van der Waals surface area contributed by atoms with Gasteiger partial charge in [0.2, 0.25) is 5.91 Å². The van der Waals surface area contributed by atoms with Gasteiger partial charge in [0.25, 0.3) is 0 Å². The first-order chi connectivity index (χ1) is 7.13. The Hall–Kier alpha value is -0.570. The fourth-order valence-corrected chi connectivity index (χ4v) is 2.54. The van der Waals surface area contributed by atoms with Crippen molar-refractivity contribution >= 4 is 5.91 Å². The molecule has 3 nitrogen and oxygen atoms in total. The second kappa shape index (κ2) is 3.78. The molecule has 1 unspecified atom stereocenters. The van der Waals surface area contributed by atoms with Gasteiger partial charge in [-0.05, 0) is 25.7 Å². The predicted octanol–water partition coefficient (Wildman–Crippen LogP) is 1.73. The molecule has 2 fully saturated rings. The molecule has 1 atom stereocenters. The lowest BCUT2D eigenvalue weighted by molar-refractivity contribution is -0.131. The van der Waals surface area contributed by atoms with Gasteiger partial charge in [-0.15, -0.1) is 0 Å². The largest absolute Gasteiger partial charge is 0.326 e. The van der Waals surface area contributed by atoms with Gasteiger partial charge in [-0.1, -0.05) is 26.7 Å². The lowest BCUT2D eigenvalue weighted by Crippen LogP contribution is -2.38.